The van der Waals surface area contributed by atoms with Crippen molar-refractivity contribution >= 4 is 24.6 Å². The molecule has 2 aromatic rings. The first-order valence-electron chi connectivity index (χ1n) is 8.01. The van der Waals surface area contributed by atoms with Crippen molar-refractivity contribution in [2.24, 2.45) is 5.73 Å². The van der Waals surface area contributed by atoms with Crippen LogP contribution in [0.2, 0.25) is 0 Å². The first-order valence-corrected chi connectivity index (χ1v) is 9.70. The highest BCUT2D eigenvalue weighted by molar-refractivity contribution is 8.93. The number of ether oxygens (including phenoxy) is 1. The van der Waals surface area contributed by atoms with Crippen molar-refractivity contribution in [1.82, 2.24) is 0 Å². The summed E-state index contributed by atoms with van der Waals surface area (Å²) in [5.41, 5.74) is 7.91. The maximum atomic E-state index is 10.9. The van der Waals surface area contributed by atoms with Gasteiger partial charge in [-0.2, -0.15) is 0 Å². The monoisotopic (exact) mass is 429 g/mol. The van der Waals surface area contributed by atoms with Crippen LogP contribution >= 0.6 is 24.6 Å². The summed E-state index contributed by atoms with van der Waals surface area (Å²) in [6, 6.07) is 18.3. The number of rotatable bonds is 9. The zero-order valence-corrected chi connectivity index (χ0v) is 16.6. The number of halogens is 1. The lowest BCUT2D eigenvalue weighted by Gasteiger charge is -2.13. The van der Waals surface area contributed by atoms with Gasteiger partial charge in [0, 0.05) is 0 Å². The molecule has 4 N–H and O–H groups in total. The molecule has 0 spiro atoms. The molecular weight excluding hydrogens is 405 g/mol. The minimum atomic E-state index is -4.16. The number of nitrogens with two attached hydrogens (primary N) is 1. The fourth-order valence-corrected chi connectivity index (χ4v) is 2.87. The van der Waals surface area contributed by atoms with E-state index in [1.54, 1.807) is 0 Å². The summed E-state index contributed by atoms with van der Waals surface area (Å²) < 4.78 is 16.6. The Hall–Kier alpha value is -1.17. The average Bonchev–Trinajstić information content (AvgIpc) is 2.56. The minimum Gasteiger partial charge on any atom is -0.494 e. The molecule has 25 heavy (non-hydrogen) atoms. The van der Waals surface area contributed by atoms with Gasteiger partial charge in [-0.25, -0.2) is 0 Å². The number of hydrogen-bond acceptors (Lipinski definition) is 3. The highest BCUT2D eigenvalue weighted by Crippen LogP contribution is 2.40. The lowest BCUT2D eigenvalue weighted by Crippen LogP contribution is -2.19. The van der Waals surface area contributed by atoms with Crippen LogP contribution in [-0.2, 0) is 11.0 Å². The maximum Gasteiger partial charge on any atom is 0.342 e. The second-order valence-electron chi connectivity index (χ2n) is 5.81. The maximum absolute atomic E-state index is 10.9. The fraction of sp³-hybridized carbons (Fsp3) is 0.333. The van der Waals surface area contributed by atoms with E-state index in [4.69, 9.17) is 20.3 Å². The Morgan fingerprint density at radius 2 is 1.56 bits per heavy atom. The third-order valence-electron chi connectivity index (χ3n) is 3.77. The van der Waals surface area contributed by atoms with Crippen LogP contribution in [0.4, 0.5) is 0 Å². The van der Waals surface area contributed by atoms with Gasteiger partial charge in [0.05, 0.1) is 6.61 Å². The van der Waals surface area contributed by atoms with E-state index in [1.165, 1.54) is 11.1 Å². The number of unbranched alkanes of at least 4 members (excludes halogenated alkanes) is 1. The van der Waals surface area contributed by atoms with Gasteiger partial charge in [0.25, 0.3) is 0 Å². The van der Waals surface area contributed by atoms with E-state index in [0.29, 0.717) is 25.9 Å². The van der Waals surface area contributed by atoms with Crippen molar-refractivity contribution in [3.05, 3.63) is 65.7 Å². The molecule has 0 amide bonds. The number of benzene rings is 2. The molecule has 2 rings (SSSR count). The van der Waals surface area contributed by atoms with E-state index in [1.807, 2.05) is 42.5 Å². The van der Waals surface area contributed by atoms with Crippen LogP contribution in [0.3, 0.4) is 0 Å². The summed E-state index contributed by atoms with van der Waals surface area (Å²) in [4.78, 5) is 17.8. The lowest BCUT2D eigenvalue weighted by atomic mass is 10.1. The van der Waals surface area contributed by atoms with E-state index in [-0.39, 0.29) is 17.0 Å². The topological polar surface area (TPSA) is 92.8 Å². The van der Waals surface area contributed by atoms with Gasteiger partial charge in [0.1, 0.15) is 11.5 Å². The van der Waals surface area contributed by atoms with Crippen LogP contribution < -0.4 is 10.5 Å². The van der Waals surface area contributed by atoms with Crippen LogP contribution in [0, 0.1) is 0 Å². The Morgan fingerprint density at radius 3 is 2.16 bits per heavy atom. The Balaban J connectivity index is 0.00000312. The molecule has 0 radical (unpaired) electrons. The van der Waals surface area contributed by atoms with Gasteiger partial charge in [-0.05, 0) is 48.9 Å². The van der Waals surface area contributed by atoms with E-state index in [2.05, 4.69) is 12.1 Å². The van der Waals surface area contributed by atoms with Crippen LogP contribution in [0.15, 0.2) is 54.6 Å². The Morgan fingerprint density at radius 1 is 0.960 bits per heavy atom. The highest BCUT2D eigenvalue weighted by Gasteiger charge is 2.23. The van der Waals surface area contributed by atoms with Gasteiger partial charge in [0.2, 0.25) is 0 Å². The molecular formula is C18H25BrNO4P. The minimum absolute atomic E-state index is 0. The first kappa shape index (κ1) is 21.9. The van der Waals surface area contributed by atoms with Crippen molar-refractivity contribution in [2.45, 2.75) is 31.5 Å². The molecule has 7 heteroatoms. The molecule has 0 aliphatic heterocycles. The highest BCUT2D eigenvalue weighted by atomic mass is 79.9. The van der Waals surface area contributed by atoms with Gasteiger partial charge in [-0.3, -0.25) is 4.57 Å². The summed E-state index contributed by atoms with van der Waals surface area (Å²) in [5, 5.41) is 0. The van der Waals surface area contributed by atoms with Crippen LogP contribution in [-0.4, -0.2) is 22.2 Å². The van der Waals surface area contributed by atoms with Crippen LogP contribution in [0.5, 0.6) is 5.75 Å². The molecule has 0 fully saturated rings. The fourth-order valence-electron chi connectivity index (χ4n) is 2.35. The van der Waals surface area contributed by atoms with Crippen molar-refractivity contribution in [2.75, 3.05) is 6.61 Å². The van der Waals surface area contributed by atoms with Crippen molar-refractivity contribution in [3.63, 3.8) is 0 Å². The quantitative estimate of drug-likeness (QED) is 0.415. The van der Waals surface area contributed by atoms with E-state index in [0.717, 1.165) is 12.2 Å². The van der Waals surface area contributed by atoms with Gasteiger partial charge in [-0.1, -0.05) is 42.5 Å². The molecule has 1 atom stereocenters. The second-order valence-corrected chi connectivity index (χ2v) is 7.65. The second kappa shape index (κ2) is 10.7. The van der Waals surface area contributed by atoms with Crippen molar-refractivity contribution in [3.8, 4) is 5.75 Å². The molecule has 0 heterocycles. The zero-order chi connectivity index (χ0) is 17.4. The predicted octanol–water partition coefficient (Wildman–Crippen LogP) is 3.87. The number of hydrogen-bond donors (Lipinski definition) is 3. The summed E-state index contributed by atoms with van der Waals surface area (Å²) in [7, 11) is -4.16. The van der Waals surface area contributed by atoms with E-state index >= 15 is 0 Å². The smallest absolute Gasteiger partial charge is 0.342 e. The average molecular weight is 430 g/mol. The van der Waals surface area contributed by atoms with Gasteiger partial charge >= 0.3 is 7.60 Å². The molecule has 0 saturated carbocycles. The molecule has 0 bridgehead atoms. The molecule has 0 aliphatic carbocycles. The lowest BCUT2D eigenvalue weighted by molar-refractivity contribution is 0.301. The standard InChI is InChI=1S/C18H24NO4P.BrH/c19-18(24(20,21)22)8-4-5-13-23-17-11-9-16(10-12-17)14-15-6-2-1-3-7-15;/h1-3,6-7,9-12,18H,4-5,8,13-14,19H2,(H2,20,21,22);1H/t18-;/m0./s1. The summed E-state index contributed by atoms with van der Waals surface area (Å²) in [5.74, 6) is -0.277. The molecule has 0 saturated heterocycles. The summed E-state index contributed by atoms with van der Waals surface area (Å²) in [6.07, 6.45) is 2.52. The molecule has 138 valence electrons. The third kappa shape index (κ3) is 8.17. The predicted molar refractivity (Wildman–Crippen MR) is 105 cm³/mol. The zero-order valence-electron chi connectivity index (χ0n) is 14.0. The van der Waals surface area contributed by atoms with Crippen LogP contribution in [0.25, 0.3) is 0 Å². The van der Waals surface area contributed by atoms with Crippen LogP contribution in [0.1, 0.15) is 30.4 Å². The normalized spacial score (nSPS) is 12.3. The Labute approximate surface area is 159 Å². The van der Waals surface area contributed by atoms with E-state index < -0.39 is 13.4 Å². The van der Waals surface area contributed by atoms with Crippen molar-refractivity contribution < 1.29 is 19.1 Å². The Bertz CT molecular complexity index is 661. The SMILES string of the molecule is Br.N[C@H](CCCCOc1ccc(Cc2ccccc2)cc1)P(=O)(O)O. The van der Waals surface area contributed by atoms with E-state index in [9.17, 15) is 4.57 Å². The third-order valence-corrected chi connectivity index (χ3v) is 4.89. The van der Waals surface area contributed by atoms with Crippen molar-refractivity contribution in [1.29, 1.82) is 0 Å². The molecule has 2 aromatic carbocycles. The summed E-state index contributed by atoms with van der Waals surface area (Å²) in [6.45, 7) is 0.506. The molecule has 0 aromatic heterocycles. The summed E-state index contributed by atoms with van der Waals surface area (Å²) >= 11 is 0. The molecule has 0 unspecified atom stereocenters. The first-order chi connectivity index (χ1) is 11.4. The van der Waals surface area contributed by atoms with Gasteiger partial charge in [0.15, 0.2) is 0 Å². The molecule has 0 aliphatic rings. The Kier molecular flexibility index (Phi) is 9.39. The molecule has 5 nitrogen and oxygen atoms in total. The van der Waals surface area contributed by atoms with Gasteiger partial charge < -0.3 is 20.3 Å². The van der Waals surface area contributed by atoms with Gasteiger partial charge in [-0.15, -0.1) is 17.0 Å². The largest absolute Gasteiger partial charge is 0.494 e.